The molecule has 0 bridgehead atoms. The minimum absolute atomic E-state index is 0.0320. The summed E-state index contributed by atoms with van der Waals surface area (Å²) < 4.78 is 22.4. The highest BCUT2D eigenvalue weighted by atomic mass is 16.6. The van der Waals surface area contributed by atoms with Crippen LogP contribution in [0.5, 0.6) is 17.2 Å². The number of carbonyl (C=O) groups is 2. The number of likely N-dealkylation sites (tertiary alicyclic amines) is 1. The number of benzene rings is 2. The van der Waals surface area contributed by atoms with Crippen LogP contribution in [0, 0.1) is 0 Å². The third kappa shape index (κ3) is 5.19. The van der Waals surface area contributed by atoms with Gasteiger partial charge in [-0.2, -0.15) is 0 Å². The van der Waals surface area contributed by atoms with Gasteiger partial charge in [-0.05, 0) is 35.9 Å². The molecule has 194 valence electrons. The molecular formula is C28H30N2O7. The van der Waals surface area contributed by atoms with Gasteiger partial charge in [0.1, 0.15) is 31.3 Å². The second-order valence-corrected chi connectivity index (χ2v) is 8.98. The molecule has 2 aromatic rings. The van der Waals surface area contributed by atoms with E-state index >= 15 is 0 Å². The standard InChI is InChI=1S/C28H30N2O7/c1-2-12-35-21-5-3-4-19(17-21)25-24(26(31)20-6-7-22-23(18-20)37-16-15-36-22)27(32)28(33)30(25)9-8-29-10-13-34-14-11-29/h2-7,17-18,25,31H,1,8-16H2/b26-24+/t25-/m0/s1. The summed E-state index contributed by atoms with van der Waals surface area (Å²) >= 11 is 0. The number of morpholine rings is 1. The topological polar surface area (TPSA) is 97.8 Å². The molecule has 3 heterocycles. The molecule has 0 radical (unpaired) electrons. The number of aliphatic hydroxyl groups excluding tert-OH is 1. The lowest BCUT2D eigenvalue weighted by Crippen LogP contribution is -2.42. The summed E-state index contributed by atoms with van der Waals surface area (Å²) in [4.78, 5) is 30.4. The van der Waals surface area contributed by atoms with Crippen molar-refractivity contribution < 1.29 is 33.6 Å². The molecule has 0 unspecified atom stereocenters. The van der Waals surface area contributed by atoms with Crippen molar-refractivity contribution >= 4 is 17.4 Å². The van der Waals surface area contributed by atoms with Crippen molar-refractivity contribution in [1.29, 1.82) is 0 Å². The van der Waals surface area contributed by atoms with Crippen molar-refractivity contribution in [1.82, 2.24) is 9.80 Å². The molecule has 3 aliphatic heterocycles. The van der Waals surface area contributed by atoms with Crippen LogP contribution in [0.1, 0.15) is 17.2 Å². The molecule has 2 aromatic carbocycles. The van der Waals surface area contributed by atoms with E-state index in [1.165, 1.54) is 4.90 Å². The number of aliphatic hydroxyl groups is 1. The van der Waals surface area contributed by atoms with E-state index in [4.69, 9.17) is 18.9 Å². The van der Waals surface area contributed by atoms with Gasteiger partial charge < -0.3 is 29.0 Å². The Hall–Kier alpha value is -3.82. The van der Waals surface area contributed by atoms with Crippen molar-refractivity contribution in [2.24, 2.45) is 0 Å². The summed E-state index contributed by atoms with van der Waals surface area (Å²) in [6, 6.07) is 11.4. The van der Waals surface area contributed by atoms with Crippen molar-refractivity contribution in [3.8, 4) is 17.2 Å². The Labute approximate surface area is 215 Å². The number of fused-ring (bicyclic) bond motifs is 1. The van der Waals surface area contributed by atoms with E-state index in [9.17, 15) is 14.7 Å². The van der Waals surface area contributed by atoms with E-state index in [0.29, 0.717) is 74.5 Å². The monoisotopic (exact) mass is 506 g/mol. The minimum Gasteiger partial charge on any atom is -0.507 e. The maximum atomic E-state index is 13.4. The molecule has 1 atom stereocenters. The van der Waals surface area contributed by atoms with Gasteiger partial charge >= 0.3 is 0 Å². The van der Waals surface area contributed by atoms with E-state index in [1.807, 2.05) is 6.07 Å². The first-order valence-corrected chi connectivity index (χ1v) is 12.4. The molecule has 1 N–H and O–H groups in total. The number of carbonyl (C=O) groups excluding carboxylic acids is 2. The van der Waals surface area contributed by atoms with Gasteiger partial charge in [0, 0.05) is 31.7 Å². The lowest BCUT2D eigenvalue weighted by molar-refractivity contribution is -0.140. The fourth-order valence-electron chi connectivity index (χ4n) is 4.81. The van der Waals surface area contributed by atoms with Crippen molar-refractivity contribution in [2.75, 3.05) is 59.2 Å². The summed E-state index contributed by atoms with van der Waals surface area (Å²) in [5.74, 6) is -0.000694. The van der Waals surface area contributed by atoms with Gasteiger partial charge in [0.05, 0.1) is 24.8 Å². The smallest absolute Gasteiger partial charge is 0.295 e. The van der Waals surface area contributed by atoms with Crippen LogP contribution in [0.15, 0.2) is 60.7 Å². The normalized spacial score (nSPS) is 21.2. The van der Waals surface area contributed by atoms with E-state index < -0.39 is 17.7 Å². The highest BCUT2D eigenvalue weighted by molar-refractivity contribution is 6.46. The van der Waals surface area contributed by atoms with Crippen LogP contribution in [0.4, 0.5) is 0 Å². The summed E-state index contributed by atoms with van der Waals surface area (Å²) in [5.41, 5.74) is 1.07. The van der Waals surface area contributed by atoms with Crippen LogP contribution in [-0.4, -0.2) is 85.8 Å². The van der Waals surface area contributed by atoms with E-state index in [-0.39, 0.29) is 11.3 Å². The zero-order chi connectivity index (χ0) is 25.8. The predicted octanol–water partition coefficient (Wildman–Crippen LogP) is 2.78. The van der Waals surface area contributed by atoms with E-state index in [2.05, 4.69) is 11.5 Å². The summed E-state index contributed by atoms with van der Waals surface area (Å²) in [6.45, 7) is 8.53. The number of hydrogen-bond donors (Lipinski definition) is 1. The first kappa shape index (κ1) is 24.9. The highest BCUT2D eigenvalue weighted by Gasteiger charge is 2.46. The Kier molecular flexibility index (Phi) is 7.43. The van der Waals surface area contributed by atoms with Gasteiger partial charge in [0.25, 0.3) is 11.7 Å². The van der Waals surface area contributed by atoms with Crippen molar-refractivity contribution in [3.05, 3.63) is 71.8 Å². The van der Waals surface area contributed by atoms with Gasteiger partial charge in [-0.15, -0.1) is 0 Å². The summed E-state index contributed by atoms with van der Waals surface area (Å²) in [7, 11) is 0. The average Bonchev–Trinajstić information content (AvgIpc) is 3.20. The van der Waals surface area contributed by atoms with Crippen LogP contribution < -0.4 is 14.2 Å². The quantitative estimate of drug-likeness (QED) is 0.253. The molecule has 5 rings (SSSR count). The number of hydrogen-bond acceptors (Lipinski definition) is 8. The largest absolute Gasteiger partial charge is 0.507 e. The van der Waals surface area contributed by atoms with Gasteiger partial charge in [-0.3, -0.25) is 14.5 Å². The Morgan fingerprint density at radius 2 is 1.81 bits per heavy atom. The lowest BCUT2D eigenvalue weighted by Gasteiger charge is -2.31. The maximum Gasteiger partial charge on any atom is 0.295 e. The van der Waals surface area contributed by atoms with Crippen LogP contribution in [0.3, 0.4) is 0 Å². The molecule has 3 aliphatic rings. The highest BCUT2D eigenvalue weighted by Crippen LogP contribution is 2.41. The molecule has 2 saturated heterocycles. The molecule has 37 heavy (non-hydrogen) atoms. The van der Waals surface area contributed by atoms with Crippen LogP contribution in [-0.2, 0) is 14.3 Å². The number of amides is 1. The van der Waals surface area contributed by atoms with Crippen LogP contribution in [0.2, 0.25) is 0 Å². The van der Waals surface area contributed by atoms with Crippen molar-refractivity contribution in [2.45, 2.75) is 6.04 Å². The van der Waals surface area contributed by atoms with Gasteiger partial charge in [-0.1, -0.05) is 24.8 Å². The fourth-order valence-corrected chi connectivity index (χ4v) is 4.81. The number of Topliss-reactive ketones (excluding diaryl/α,β-unsaturated/α-hetero) is 1. The molecule has 2 fully saturated rings. The molecule has 0 aromatic heterocycles. The molecule has 0 saturated carbocycles. The van der Waals surface area contributed by atoms with Crippen LogP contribution in [0.25, 0.3) is 5.76 Å². The SMILES string of the molecule is C=CCOc1cccc([C@H]2/C(=C(\O)c3ccc4c(c3)OCCO4)C(=O)C(=O)N2CCN2CCOCC2)c1. The van der Waals surface area contributed by atoms with Crippen LogP contribution >= 0.6 is 0 Å². The molecule has 0 aliphatic carbocycles. The Morgan fingerprint density at radius 1 is 1.03 bits per heavy atom. The molecule has 1 amide bonds. The van der Waals surface area contributed by atoms with Gasteiger partial charge in [0.15, 0.2) is 11.5 Å². The molecular weight excluding hydrogens is 476 g/mol. The molecule has 9 nitrogen and oxygen atoms in total. The third-order valence-corrected chi connectivity index (χ3v) is 6.66. The Bertz CT molecular complexity index is 1220. The second kappa shape index (κ2) is 11.1. The van der Waals surface area contributed by atoms with E-state index in [0.717, 1.165) is 13.1 Å². The van der Waals surface area contributed by atoms with Gasteiger partial charge in [0.2, 0.25) is 0 Å². The van der Waals surface area contributed by atoms with Crippen molar-refractivity contribution in [3.63, 3.8) is 0 Å². The zero-order valence-corrected chi connectivity index (χ0v) is 20.6. The Morgan fingerprint density at radius 3 is 2.59 bits per heavy atom. The number of nitrogens with zero attached hydrogens (tertiary/aromatic N) is 2. The Balaban J connectivity index is 1.54. The third-order valence-electron chi connectivity index (χ3n) is 6.66. The zero-order valence-electron chi connectivity index (χ0n) is 20.6. The summed E-state index contributed by atoms with van der Waals surface area (Å²) in [6.07, 6.45) is 1.64. The number of rotatable bonds is 8. The first-order chi connectivity index (χ1) is 18.1. The van der Waals surface area contributed by atoms with Gasteiger partial charge in [-0.25, -0.2) is 0 Å². The molecule has 9 heteroatoms. The average molecular weight is 507 g/mol. The predicted molar refractivity (Wildman–Crippen MR) is 136 cm³/mol. The number of ether oxygens (including phenoxy) is 4. The summed E-state index contributed by atoms with van der Waals surface area (Å²) in [5, 5.41) is 11.4. The van der Waals surface area contributed by atoms with E-state index in [1.54, 1.807) is 42.5 Å². The number of ketones is 1. The minimum atomic E-state index is -0.776. The fraction of sp³-hybridized carbons (Fsp3) is 0.357. The molecule has 0 spiro atoms. The maximum absolute atomic E-state index is 13.4. The second-order valence-electron chi connectivity index (χ2n) is 8.98. The first-order valence-electron chi connectivity index (χ1n) is 12.4. The lowest BCUT2D eigenvalue weighted by atomic mass is 9.95.